The SMILES string of the molecule is CCSCC(O)c1cccc(CC)c1. The summed E-state index contributed by atoms with van der Waals surface area (Å²) in [5, 5.41) is 9.85. The average Bonchev–Trinajstić information content (AvgIpc) is 2.26. The van der Waals surface area contributed by atoms with Gasteiger partial charge in [-0.3, -0.25) is 0 Å². The summed E-state index contributed by atoms with van der Waals surface area (Å²) in [4.78, 5) is 0. The highest BCUT2D eigenvalue weighted by molar-refractivity contribution is 7.99. The third-order valence-electron chi connectivity index (χ3n) is 2.22. The van der Waals surface area contributed by atoms with Gasteiger partial charge in [-0.1, -0.05) is 38.1 Å². The van der Waals surface area contributed by atoms with E-state index in [0.29, 0.717) is 0 Å². The largest absolute Gasteiger partial charge is 0.388 e. The molecule has 0 heterocycles. The van der Waals surface area contributed by atoms with E-state index >= 15 is 0 Å². The Kier molecular flexibility index (Phi) is 5.05. The predicted molar refractivity (Wildman–Crippen MR) is 63.8 cm³/mol. The third-order valence-corrected chi connectivity index (χ3v) is 3.18. The van der Waals surface area contributed by atoms with E-state index in [-0.39, 0.29) is 6.10 Å². The Hall–Kier alpha value is -0.470. The number of aliphatic hydroxyl groups excluding tert-OH is 1. The smallest absolute Gasteiger partial charge is 0.0880 e. The molecule has 0 bridgehead atoms. The fourth-order valence-corrected chi connectivity index (χ4v) is 2.00. The van der Waals surface area contributed by atoms with Crippen LogP contribution in [0.1, 0.15) is 31.1 Å². The van der Waals surface area contributed by atoms with E-state index in [1.807, 2.05) is 12.1 Å². The molecule has 0 amide bonds. The Balaban J connectivity index is 2.64. The van der Waals surface area contributed by atoms with E-state index in [1.165, 1.54) is 5.56 Å². The van der Waals surface area contributed by atoms with E-state index in [1.54, 1.807) is 11.8 Å². The minimum Gasteiger partial charge on any atom is -0.388 e. The first-order valence-corrected chi connectivity index (χ1v) is 6.28. The van der Waals surface area contributed by atoms with Gasteiger partial charge in [0.15, 0.2) is 0 Å². The zero-order valence-corrected chi connectivity index (χ0v) is 9.68. The highest BCUT2D eigenvalue weighted by Gasteiger charge is 2.06. The first-order chi connectivity index (χ1) is 6.77. The summed E-state index contributed by atoms with van der Waals surface area (Å²) in [5.41, 5.74) is 2.34. The highest BCUT2D eigenvalue weighted by atomic mass is 32.2. The Morgan fingerprint density at radius 1 is 1.36 bits per heavy atom. The Bertz CT molecular complexity index is 273. The third kappa shape index (κ3) is 3.35. The van der Waals surface area contributed by atoms with Gasteiger partial charge in [0, 0.05) is 5.75 Å². The fraction of sp³-hybridized carbons (Fsp3) is 0.500. The molecule has 0 aliphatic rings. The summed E-state index contributed by atoms with van der Waals surface area (Å²) in [6, 6.07) is 8.22. The lowest BCUT2D eigenvalue weighted by Gasteiger charge is -2.10. The molecule has 2 heteroatoms. The maximum atomic E-state index is 9.85. The number of aryl methyl sites for hydroxylation is 1. The van der Waals surface area contributed by atoms with Gasteiger partial charge in [0.1, 0.15) is 0 Å². The van der Waals surface area contributed by atoms with Crippen LogP contribution in [0.15, 0.2) is 24.3 Å². The van der Waals surface area contributed by atoms with Crippen molar-refractivity contribution in [2.75, 3.05) is 11.5 Å². The van der Waals surface area contributed by atoms with Crippen molar-refractivity contribution in [3.05, 3.63) is 35.4 Å². The summed E-state index contributed by atoms with van der Waals surface area (Å²) in [6.45, 7) is 4.24. The van der Waals surface area contributed by atoms with E-state index < -0.39 is 0 Å². The van der Waals surface area contributed by atoms with Gasteiger partial charge in [-0.2, -0.15) is 11.8 Å². The monoisotopic (exact) mass is 210 g/mol. The number of aliphatic hydroxyl groups is 1. The zero-order valence-electron chi connectivity index (χ0n) is 8.86. The van der Waals surface area contributed by atoms with E-state index in [4.69, 9.17) is 0 Å². The number of benzene rings is 1. The second-order valence-electron chi connectivity index (χ2n) is 3.27. The average molecular weight is 210 g/mol. The van der Waals surface area contributed by atoms with Crippen LogP contribution in [-0.4, -0.2) is 16.6 Å². The second-order valence-corrected chi connectivity index (χ2v) is 4.59. The molecule has 0 radical (unpaired) electrons. The molecule has 1 unspecified atom stereocenters. The van der Waals surface area contributed by atoms with Gasteiger partial charge in [-0.15, -0.1) is 0 Å². The number of hydrogen-bond acceptors (Lipinski definition) is 2. The molecule has 0 spiro atoms. The molecule has 1 nitrogen and oxygen atoms in total. The van der Waals surface area contributed by atoms with Crippen LogP contribution in [-0.2, 0) is 6.42 Å². The molecule has 1 N–H and O–H groups in total. The molecule has 0 aromatic heterocycles. The molecule has 1 aromatic carbocycles. The summed E-state index contributed by atoms with van der Waals surface area (Å²) < 4.78 is 0. The van der Waals surface area contributed by atoms with Gasteiger partial charge in [0.05, 0.1) is 6.10 Å². The Labute approximate surface area is 90.5 Å². The summed E-state index contributed by atoms with van der Waals surface area (Å²) in [6.07, 6.45) is 0.716. The first kappa shape index (κ1) is 11.6. The van der Waals surface area contributed by atoms with Gasteiger partial charge < -0.3 is 5.11 Å². The van der Waals surface area contributed by atoms with Crippen molar-refractivity contribution in [3.8, 4) is 0 Å². The molecule has 0 aliphatic heterocycles. The lowest BCUT2D eigenvalue weighted by Crippen LogP contribution is -2.01. The molecule has 14 heavy (non-hydrogen) atoms. The molecular formula is C12H18OS. The van der Waals surface area contributed by atoms with Crippen LogP contribution in [0.25, 0.3) is 0 Å². The second kappa shape index (κ2) is 6.10. The lowest BCUT2D eigenvalue weighted by atomic mass is 10.1. The van der Waals surface area contributed by atoms with E-state index in [0.717, 1.165) is 23.5 Å². The molecule has 1 atom stereocenters. The van der Waals surface area contributed by atoms with Gasteiger partial charge in [0.2, 0.25) is 0 Å². The van der Waals surface area contributed by atoms with Gasteiger partial charge in [-0.05, 0) is 23.3 Å². The van der Waals surface area contributed by atoms with Crippen molar-refractivity contribution in [2.45, 2.75) is 26.4 Å². The molecule has 0 saturated carbocycles. The molecule has 0 fully saturated rings. The molecule has 1 aromatic rings. The van der Waals surface area contributed by atoms with E-state index in [2.05, 4.69) is 26.0 Å². The Morgan fingerprint density at radius 3 is 2.79 bits per heavy atom. The van der Waals surface area contributed by atoms with Gasteiger partial charge in [-0.25, -0.2) is 0 Å². The summed E-state index contributed by atoms with van der Waals surface area (Å²) in [5.74, 6) is 1.86. The maximum absolute atomic E-state index is 9.85. The first-order valence-electron chi connectivity index (χ1n) is 5.12. The molecular weight excluding hydrogens is 192 g/mol. The van der Waals surface area contributed by atoms with Crippen LogP contribution < -0.4 is 0 Å². The maximum Gasteiger partial charge on any atom is 0.0880 e. The predicted octanol–water partition coefficient (Wildman–Crippen LogP) is 3.04. The fourth-order valence-electron chi connectivity index (χ4n) is 1.35. The van der Waals surface area contributed by atoms with Crippen molar-refractivity contribution in [1.82, 2.24) is 0 Å². The molecule has 1 rings (SSSR count). The Morgan fingerprint density at radius 2 is 2.14 bits per heavy atom. The van der Waals surface area contributed by atoms with Gasteiger partial charge >= 0.3 is 0 Å². The summed E-state index contributed by atoms with van der Waals surface area (Å²) >= 11 is 1.77. The normalized spacial score (nSPS) is 12.8. The number of rotatable bonds is 5. The van der Waals surface area contributed by atoms with Crippen molar-refractivity contribution in [3.63, 3.8) is 0 Å². The van der Waals surface area contributed by atoms with Crippen LogP contribution in [0.5, 0.6) is 0 Å². The van der Waals surface area contributed by atoms with E-state index in [9.17, 15) is 5.11 Å². The lowest BCUT2D eigenvalue weighted by molar-refractivity contribution is 0.204. The quantitative estimate of drug-likeness (QED) is 0.806. The van der Waals surface area contributed by atoms with Crippen LogP contribution >= 0.6 is 11.8 Å². The van der Waals surface area contributed by atoms with Crippen LogP contribution in [0.3, 0.4) is 0 Å². The van der Waals surface area contributed by atoms with Crippen molar-refractivity contribution in [1.29, 1.82) is 0 Å². The minimum atomic E-state index is -0.313. The molecule has 0 aliphatic carbocycles. The van der Waals surface area contributed by atoms with Crippen molar-refractivity contribution < 1.29 is 5.11 Å². The molecule has 0 saturated heterocycles. The number of thioether (sulfide) groups is 1. The van der Waals surface area contributed by atoms with Crippen molar-refractivity contribution in [2.24, 2.45) is 0 Å². The van der Waals surface area contributed by atoms with Crippen LogP contribution in [0.4, 0.5) is 0 Å². The van der Waals surface area contributed by atoms with Crippen LogP contribution in [0, 0.1) is 0 Å². The minimum absolute atomic E-state index is 0.313. The molecule has 78 valence electrons. The topological polar surface area (TPSA) is 20.2 Å². The zero-order chi connectivity index (χ0) is 10.4. The summed E-state index contributed by atoms with van der Waals surface area (Å²) in [7, 11) is 0. The van der Waals surface area contributed by atoms with Crippen LogP contribution in [0.2, 0.25) is 0 Å². The highest BCUT2D eigenvalue weighted by Crippen LogP contribution is 2.19. The van der Waals surface area contributed by atoms with Gasteiger partial charge in [0.25, 0.3) is 0 Å². The van der Waals surface area contributed by atoms with Crippen molar-refractivity contribution >= 4 is 11.8 Å². The standard InChI is InChI=1S/C12H18OS/c1-3-10-6-5-7-11(8-10)12(13)9-14-4-2/h5-8,12-13H,3-4,9H2,1-2H3. The number of hydrogen-bond donors (Lipinski definition) is 1.